The molecule has 0 fully saturated rings. The number of alkyl carbamates (subject to hydrolysis) is 1. The molecule has 0 saturated carbocycles. The zero-order valence-electron chi connectivity index (χ0n) is 22.6. The number of rotatable bonds is 22. The van der Waals surface area contributed by atoms with Gasteiger partial charge in [-0.1, -0.05) is 131 Å². The molecule has 0 aromatic carbocycles. The van der Waals surface area contributed by atoms with E-state index in [1.54, 1.807) is 0 Å². The zero-order valence-corrected chi connectivity index (χ0v) is 22.6. The van der Waals surface area contributed by atoms with Crippen molar-refractivity contribution in [2.75, 3.05) is 13.2 Å². The van der Waals surface area contributed by atoms with Gasteiger partial charge in [0.25, 0.3) is 0 Å². The van der Waals surface area contributed by atoms with Crippen LogP contribution >= 0.6 is 0 Å². The van der Waals surface area contributed by atoms with Crippen LogP contribution in [0.25, 0.3) is 0 Å². The third kappa shape index (κ3) is 21.0. The standard InChI is InChI=1S/C28H55NO4/c1-6-7-8-9-10-11-12-13-14-15-16-17-18-19-20-21-22-32-27(30)26(25(4)5)29-28(31)33-23-24(2)3/h24-26H,6-23H2,1-5H3,(H,29,31). The molecule has 0 aliphatic carbocycles. The average molecular weight is 470 g/mol. The Labute approximate surface area is 205 Å². The van der Waals surface area contributed by atoms with E-state index in [4.69, 9.17) is 9.47 Å². The second kappa shape index (κ2) is 22.5. The number of carbonyl (C=O) groups is 2. The van der Waals surface area contributed by atoms with Crippen LogP contribution in [0.1, 0.15) is 137 Å². The molecule has 1 N–H and O–H groups in total. The van der Waals surface area contributed by atoms with Crippen molar-refractivity contribution < 1.29 is 19.1 Å². The van der Waals surface area contributed by atoms with Gasteiger partial charge in [-0.05, 0) is 18.3 Å². The summed E-state index contributed by atoms with van der Waals surface area (Å²) in [5, 5.41) is 2.64. The highest BCUT2D eigenvalue weighted by molar-refractivity contribution is 5.81. The fraction of sp³-hybridized carbons (Fsp3) is 0.929. The minimum Gasteiger partial charge on any atom is -0.464 e. The van der Waals surface area contributed by atoms with Gasteiger partial charge in [0.15, 0.2) is 0 Å². The van der Waals surface area contributed by atoms with Crippen molar-refractivity contribution in [1.82, 2.24) is 5.32 Å². The molecule has 0 aliphatic heterocycles. The van der Waals surface area contributed by atoms with Crippen molar-refractivity contribution in [3.05, 3.63) is 0 Å². The van der Waals surface area contributed by atoms with Crippen LogP contribution in [0.4, 0.5) is 4.79 Å². The maximum atomic E-state index is 12.3. The van der Waals surface area contributed by atoms with Crippen LogP contribution in [-0.4, -0.2) is 31.3 Å². The summed E-state index contributed by atoms with van der Waals surface area (Å²) in [7, 11) is 0. The van der Waals surface area contributed by atoms with Gasteiger partial charge < -0.3 is 14.8 Å². The number of hydrogen-bond acceptors (Lipinski definition) is 4. The van der Waals surface area contributed by atoms with E-state index >= 15 is 0 Å². The predicted molar refractivity (Wildman–Crippen MR) is 138 cm³/mol. The molecule has 0 aromatic rings. The molecule has 1 unspecified atom stereocenters. The van der Waals surface area contributed by atoms with Crippen LogP contribution < -0.4 is 5.32 Å². The summed E-state index contributed by atoms with van der Waals surface area (Å²) in [6.07, 6.45) is 20.5. The Hall–Kier alpha value is -1.26. The first-order valence-electron chi connectivity index (χ1n) is 14.0. The van der Waals surface area contributed by atoms with Crippen molar-refractivity contribution in [3.8, 4) is 0 Å². The molecule has 5 nitrogen and oxygen atoms in total. The highest BCUT2D eigenvalue weighted by Crippen LogP contribution is 2.14. The lowest BCUT2D eigenvalue weighted by atomic mass is 10.0. The second-order valence-corrected chi connectivity index (χ2v) is 10.3. The fourth-order valence-electron chi connectivity index (χ4n) is 3.82. The summed E-state index contributed by atoms with van der Waals surface area (Å²) in [5.74, 6) is -0.155. The molecule has 5 heteroatoms. The molecule has 0 radical (unpaired) electrons. The topological polar surface area (TPSA) is 64.6 Å². The lowest BCUT2D eigenvalue weighted by Gasteiger charge is -2.21. The Balaban J connectivity index is 3.58. The number of hydrogen-bond donors (Lipinski definition) is 1. The van der Waals surface area contributed by atoms with Crippen LogP contribution in [0.2, 0.25) is 0 Å². The Morgan fingerprint density at radius 1 is 0.636 bits per heavy atom. The van der Waals surface area contributed by atoms with E-state index in [0.717, 1.165) is 12.8 Å². The van der Waals surface area contributed by atoms with E-state index in [0.29, 0.717) is 13.2 Å². The van der Waals surface area contributed by atoms with Crippen LogP contribution in [0.3, 0.4) is 0 Å². The van der Waals surface area contributed by atoms with Gasteiger partial charge in [0.2, 0.25) is 0 Å². The number of ether oxygens (including phenoxy) is 2. The summed E-state index contributed by atoms with van der Waals surface area (Å²) in [6, 6.07) is -0.661. The quantitative estimate of drug-likeness (QED) is 0.128. The Bertz CT molecular complexity index is 465. The monoisotopic (exact) mass is 469 g/mol. The SMILES string of the molecule is CCCCCCCCCCCCCCCCCCOC(=O)C(NC(=O)OCC(C)C)C(C)C. The number of carbonyl (C=O) groups excluding carboxylic acids is 2. The van der Waals surface area contributed by atoms with Gasteiger partial charge >= 0.3 is 12.1 Å². The molecular formula is C28H55NO4. The Morgan fingerprint density at radius 3 is 1.45 bits per heavy atom. The van der Waals surface area contributed by atoms with Crippen LogP contribution in [0.5, 0.6) is 0 Å². The van der Waals surface area contributed by atoms with E-state index in [1.165, 1.54) is 89.9 Å². The first kappa shape index (κ1) is 31.7. The van der Waals surface area contributed by atoms with Gasteiger partial charge in [0.05, 0.1) is 13.2 Å². The molecule has 1 amide bonds. The average Bonchev–Trinajstić information content (AvgIpc) is 2.77. The first-order valence-corrected chi connectivity index (χ1v) is 14.0. The largest absolute Gasteiger partial charge is 0.464 e. The lowest BCUT2D eigenvalue weighted by molar-refractivity contribution is -0.147. The maximum Gasteiger partial charge on any atom is 0.407 e. The van der Waals surface area contributed by atoms with Crippen molar-refractivity contribution in [3.63, 3.8) is 0 Å². The predicted octanol–water partition coefficient (Wildman–Crippen LogP) is 8.20. The summed E-state index contributed by atoms with van der Waals surface area (Å²) in [6.45, 7) is 10.8. The summed E-state index contributed by atoms with van der Waals surface area (Å²) >= 11 is 0. The van der Waals surface area contributed by atoms with E-state index in [1.807, 2.05) is 27.7 Å². The molecule has 0 rings (SSSR count). The summed E-state index contributed by atoms with van der Waals surface area (Å²) < 4.78 is 10.5. The fourth-order valence-corrected chi connectivity index (χ4v) is 3.82. The number of nitrogens with one attached hydrogen (secondary N) is 1. The molecule has 196 valence electrons. The molecule has 0 heterocycles. The van der Waals surface area contributed by atoms with E-state index in [-0.39, 0.29) is 17.8 Å². The zero-order chi connectivity index (χ0) is 24.7. The van der Waals surface area contributed by atoms with Gasteiger partial charge in [0.1, 0.15) is 6.04 Å². The number of amides is 1. The third-order valence-corrected chi connectivity index (χ3v) is 5.98. The molecule has 33 heavy (non-hydrogen) atoms. The normalized spacial score (nSPS) is 12.2. The van der Waals surface area contributed by atoms with Gasteiger partial charge in [-0.2, -0.15) is 0 Å². The van der Waals surface area contributed by atoms with E-state index < -0.39 is 12.1 Å². The molecule has 0 saturated heterocycles. The minimum atomic E-state index is -0.661. The molecular weight excluding hydrogens is 414 g/mol. The van der Waals surface area contributed by atoms with Crippen molar-refractivity contribution in [2.24, 2.45) is 11.8 Å². The van der Waals surface area contributed by atoms with Crippen LogP contribution in [0, 0.1) is 11.8 Å². The minimum absolute atomic E-state index is 0.0464. The molecule has 0 aliphatic rings. The van der Waals surface area contributed by atoms with Gasteiger partial charge in [-0.25, -0.2) is 9.59 Å². The van der Waals surface area contributed by atoms with Crippen molar-refractivity contribution in [2.45, 2.75) is 143 Å². The number of esters is 1. The Kier molecular flexibility index (Phi) is 21.7. The van der Waals surface area contributed by atoms with Gasteiger partial charge in [-0.15, -0.1) is 0 Å². The second-order valence-electron chi connectivity index (χ2n) is 10.3. The van der Waals surface area contributed by atoms with Crippen molar-refractivity contribution >= 4 is 12.1 Å². The van der Waals surface area contributed by atoms with E-state index in [2.05, 4.69) is 12.2 Å². The summed E-state index contributed by atoms with van der Waals surface area (Å²) in [4.78, 5) is 24.2. The van der Waals surface area contributed by atoms with Gasteiger partial charge in [0, 0.05) is 0 Å². The maximum absolute atomic E-state index is 12.3. The third-order valence-electron chi connectivity index (χ3n) is 5.98. The first-order chi connectivity index (χ1) is 15.9. The van der Waals surface area contributed by atoms with Crippen LogP contribution in [0.15, 0.2) is 0 Å². The lowest BCUT2D eigenvalue weighted by Crippen LogP contribution is -2.45. The Morgan fingerprint density at radius 2 is 1.06 bits per heavy atom. The van der Waals surface area contributed by atoms with Crippen LogP contribution in [-0.2, 0) is 14.3 Å². The van der Waals surface area contributed by atoms with Gasteiger partial charge in [-0.3, -0.25) is 0 Å². The smallest absolute Gasteiger partial charge is 0.407 e. The summed E-state index contributed by atoms with van der Waals surface area (Å²) in [5.41, 5.74) is 0. The molecule has 1 atom stereocenters. The van der Waals surface area contributed by atoms with Crippen molar-refractivity contribution in [1.29, 1.82) is 0 Å². The molecule has 0 aromatic heterocycles. The highest BCUT2D eigenvalue weighted by atomic mass is 16.6. The van der Waals surface area contributed by atoms with E-state index in [9.17, 15) is 9.59 Å². The molecule has 0 spiro atoms. The number of unbranched alkanes of at least 4 members (excludes halogenated alkanes) is 15. The molecule has 0 bridgehead atoms. The highest BCUT2D eigenvalue weighted by Gasteiger charge is 2.26.